The van der Waals surface area contributed by atoms with Crippen molar-refractivity contribution >= 4 is 21.9 Å². The lowest BCUT2D eigenvalue weighted by atomic mass is 10.0. The van der Waals surface area contributed by atoms with Crippen LogP contribution in [0.4, 0.5) is 0 Å². The lowest BCUT2D eigenvalue weighted by molar-refractivity contribution is -0.144. The molecule has 0 fully saturated rings. The Bertz CT molecular complexity index is 363. The molecule has 0 aliphatic rings. The minimum Gasteiger partial charge on any atom is -0.507 e. The maximum atomic E-state index is 11.4. The van der Waals surface area contributed by atoms with Crippen molar-refractivity contribution in [2.45, 2.75) is 19.8 Å². The van der Waals surface area contributed by atoms with Crippen LogP contribution in [0.5, 0.6) is 5.75 Å². The third kappa shape index (κ3) is 2.96. The summed E-state index contributed by atoms with van der Waals surface area (Å²) in [6.45, 7) is 3.93. The number of benzene rings is 1. The maximum absolute atomic E-state index is 11.4. The van der Waals surface area contributed by atoms with E-state index in [1.165, 1.54) is 0 Å². The van der Waals surface area contributed by atoms with Crippen molar-refractivity contribution in [3.05, 3.63) is 28.2 Å². The zero-order valence-electron chi connectivity index (χ0n) is 8.66. The number of phenols is 1. The summed E-state index contributed by atoms with van der Waals surface area (Å²) in [5.41, 5.74) is 0.818. The van der Waals surface area contributed by atoms with Crippen LogP contribution in [0.25, 0.3) is 0 Å². The zero-order chi connectivity index (χ0) is 11.4. The average Bonchev–Trinajstić information content (AvgIpc) is 2.21. The van der Waals surface area contributed by atoms with Crippen LogP contribution < -0.4 is 0 Å². The Morgan fingerprint density at radius 2 is 2.27 bits per heavy atom. The first kappa shape index (κ1) is 12.0. The Kier molecular flexibility index (Phi) is 4.15. The second-order valence-corrected chi connectivity index (χ2v) is 4.04. The van der Waals surface area contributed by atoms with Crippen molar-refractivity contribution in [3.8, 4) is 5.75 Å². The van der Waals surface area contributed by atoms with Gasteiger partial charge in [0.1, 0.15) is 5.75 Å². The number of esters is 1. The van der Waals surface area contributed by atoms with Gasteiger partial charge >= 0.3 is 5.97 Å². The molecule has 1 N–H and O–H groups in total. The van der Waals surface area contributed by atoms with Gasteiger partial charge in [0, 0.05) is 0 Å². The molecular formula is C11H13BrO3. The molecule has 1 unspecified atom stereocenters. The molecule has 0 aliphatic heterocycles. The van der Waals surface area contributed by atoms with Crippen LogP contribution >= 0.6 is 15.9 Å². The van der Waals surface area contributed by atoms with Gasteiger partial charge < -0.3 is 9.84 Å². The number of hydrogen-bond donors (Lipinski definition) is 1. The molecule has 0 aliphatic carbocycles. The zero-order valence-corrected chi connectivity index (χ0v) is 10.2. The smallest absolute Gasteiger partial charge is 0.313 e. The third-order valence-corrected chi connectivity index (χ3v) is 2.75. The maximum Gasteiger partial charge on any atom is 0.313 e. The van der Waals surface area contributed by atoms with Gasteiger partial charge in [-0.25, -0.2) is 0 Å². The fourth-order valence-corrected chi connectivity index (χ4v) is 1.59. The summed E-state index contributed by atoms with van der Waals surface area (Å²) in [4.78, 5) is 11.4. The van der Waals surface area contributed by atoms with Crippen molar-refractivity contribution in [1.29, 1.82) is 0 Å². The Morgan fingerprint density at radius 3 is 2.80 bits per heavy atom. The standard InChI is InChI=1S/C11H13BrO3/c1-3-15-11(14)7(2)8-4-5-10(13)9(12)6-8/h4-7,13H,3H2,1-2H3. The Balaban J connectivity index is 2.86. The highest BCUT2D eigenvalue weighted by Gasteiger charge is 2.16. The van der Waals surface area contributed by atoms with Crippen LogP contribution in [0.1, 0.15) is 25.3 Å². The molecule has 0 aromatic heterocycles. The van der Waals surface area contributed by atoms with Crippen LogP contribution in [0.15, 0.2) is 22.7 Å². The summed E-state index contributed by atoms with van der Waals surface area (Å²) < 4.78 is 5.49. The van der Waals surface area contributed by atoms with Crippen LogP contribution in [0.2, 0.25) is 0 Å². The second kappa shape index (κ2) is 5.16. The summed E-state index contributed by atoms with van der Waals surface area (Å²) in [6, 6.07) is 4.98. The van der Waals surface area contributed by atoms with E-state index in [1.807, 2.05) is 0 Å². The first-order valence-electron chi connectivity index (χ1n) is 4.71. The monoisotopic (exact) mass is 272 g/mol. The van der Waals surface area contributed by atoms with Crippen LogP contribution in [-0.2, 0) is 9.53 Å². The molecular weight excluding hydrogens is 260 g/mol. The number of ether oxygens (including phenoxy) is 1. The van der Waals surface area contributed by atoms with Crippen molar-refractivity contribution in [1.82, 2.24) is 0 Å². The van der Waals surface area contributed by atoms with E-state index in [9.17, 15) is 9.90 Å². The molecule has 0 amide bonds. The van der Waals surface area contributed by atoms with E-state index in [-0.39, 0.29) is 17.6 Å². The van der Waals surface area contributed by atoms with Crippen molar-refractivity contribution in [3.63, 3.8) is 0 Å². The number of phenolic OH excluding ortho intramolecular Hbond substituents is 1. The number of rotatable bonds is 3. The molecule has 3 nitrogen and oxygen atoms in total. The molecule has 0 radical (unpaired) electrons. The van der Waals surface area contributed by atoms with Crippen molar-refractivity contribution < 1.29 is 14.6 Å². The van der Waals surface area contributed by atoms with E-state index in [2.05, 4.69) is 15.9 Å². The van der Waals surface area contributed by atoms with Gasteiger partial charge in [-0.1, -0.05) is 6.07 Å². The van der Waals surface area contributed by atoms with Gasteiger partial charge in [-0.05, 0) is 47.5 Å². The number of hydrogen-bond acceptors (Lipinski definition) is 3. The summed E-state index contributed by atoms with van der Waals surface area (Å²) in [6.07, 6.45) is 0. The van der Waals surface area contributed by atoms with Crippen molar-refractivity contribution in [2.75, 3.05) is 6.61 Å². The molecule has 15 heavy (non-hydrogen) atoms. The van der Waals surface area contributed by atoms with E-state index in [0.717, 1.165) is 5.56 Å². The highest BCUT2D eigenvalue weighted by Crippen LogP contribution is 2.28. The van der Waals surface area contributed by atoms with Gasteiger partial charge in [0.15, 0.2) is 0 Å². The fraction of sp³-hybridized carbons (Fsp3) is 0.364. The number of aromatic hydroxyl groups is 1. The van der Waals surface area contributed by atoms with E-state index in [1.54, 1.807) is 32.0 Å². The largest absolute Gasteiger partial charge is 0.507 e. The molecule has 0 saturated carbocycles. The first-order chi connectivity index (χ1) is 7.06. The number of carbonyl (C=O) groups is 1. The lowest BCUT2D eigenvalue weighted by Gasteiger charge is -2.11. The summed E-state index contributed by atoms with van der Waals surface area (Å²) in [5, 5.41) is 9.30. The van der Waals surface area contributed by atoms with Gasteiger partial charge in [0.2, 0.25) is 0 Å². The molecule has 82 valence electrons. The van der Waals surface area contributed by atoms with Gasteiger partial charge in [-0.15, -0.1) is 0 Å². The molecule has 0 saturated heterocycles. The molecule has 0 bridgehead atoms. The number of carbonyl (C=O) groups excluding carboxylic acids is 1. The molecule has 1 rings (SSSR count). The van der Waals surface area contributed by atoms with E-state index in [0.29, 0.717) is 11.1 Å². The van der Waals surface area contributed by atoms with Crippen molar-refractivity contribution in [2.24, 2.45) is 0 Å². The second-order valence-electron chi connectivity index (χ2n) is 3.18. The molecule has 1 aromatic rings. The first-order valence-corrected chi connectivity index (χ1v) is 5.50. The minimum absolute atomic E-state index is 0.162. The van der Waals surface area contributed by atoms with E-state index < -0.39 is 0 Å². The summed E-state index contributed by atoms with van der Waals surface area (Å²) in [7, 11) is 0. The normalized spacial score (nSPS) is 12.2. The summed E-state index contributed by atoms with van der Waals surface area (Å²) in [5.74, 6) is -0.410. The fourth-order valence-electron chi connectivity index (χ4n) is 1.20. The molecule has 1 atom stereocenters. The van der Waals surface area contributed by atoms with E-state index >= 15 is 0 Å². The van der Waals surface area contributed by atoms with E-state index in [4.69, 9.17) is 4.74 Å². The van der Waals surface area contributed by atoms with Gasteiger partial charge in [0.25, 0.3) is 0 Å². The topological polar surface area (TPSA) is 46.5 Å². The summed E-state index contributed by atoms with van der Waals surface area (Å²) >= 11 is 3.20. The minimum atomic E-state index is -0.318. The predicted molar refractivity (Wildman–Crippen MR) is 60.9 cm³/mol. The highest BCUT2D eigenvalue weighted by atomic mass is 79.9. The molecule has 0 heterocycles. The van der Waals surface area contributed by atoms with Crippen LogP contribution in [-0.4, -0.2) is 17.7 Å². The number of halogens is 1. The lowest BCUT2D eigenvalue weighted by Crippen LogP contribution is -2.12. The van der Waals surface area contributed by atoms with Gasteiger partial charge in [-0.3, -0.25) is 4.79 Å². The Labute approximate surface area is 97.2 Å². The average molecular weight is 273 g/mol. The Morgan fingerprint density at radius 1 is 1.60 bits per heavy atom. The molecule has 0 spiro atoms. The van der Waals surface area contributed by atoms with Crippen LogP contribution in [0, 0.1) is 0 Å². The third-order valence-electron chi connectivity index (χ3n) is 2.11. The quantitative estimate of drug-likeness (QED) is 0.861. The molecule has 4 heteroatoms. The predicted octanol–water partition coefficient (Wildman–Crippen LogP) is 2.82. The van der Waals surface area contributed by atoms with Gasteiger partial charge in [0.05, 0.1) is 17.0 Å². The molecule has 1 aromatic carbocycles. The van der Waals surface area contributed by atoms with Crippen LogP contribution in [0.3, 0.4) is 0 Å². The highest BCUT2D eigenvalue weighted by molar-refractivity contribution is 9.10. The van der Waals surface area contributed by atoms with Gasteiger partial charge in [-0.2, -0.15) is 0 Å². The SMILES string of the molecule is CCOC(=O)C(C)c1ccc(O)c(Br)c1. The Hall–Kier alpha value is -1.03.